The van der Waals surface area contributed by atoms with Crippen LogP contribution in [0.15, 0.2) is 35.7 Å². The van der Waals surface area contributed by atoms with Crippen LogP contribution in [-0.2, 0) is 0 Å². The van der Waals surface area contributed by atoms with Crippen molar-refractivity contribution in [2.24, 2.45) is 0 Å². The SMILES string of the molecule is Cc1cc(C(=O)N2CCSCC2)ccc1NC(=O)c1sc(-c2cccs2)nc1C. The molecule has 0 bridgehead atoms. The predicted molar refractivity (Wildman–Crippen MR) is 123 cm³/mol. The molecule has 5 nitrogen and oxygen atoms in total. The second kappa shape index (κ2) is 8.69. The van der Waals surface area contributed by atoms with Gasteiger partial charge in [0.25, 0.3) is 11.8 Å². The molecule has 1 aliphatic rings. The molecule has 1 aromatic carbocycles. The molecule has 0 spiro atoms. The van der Waals surface area contributed by atoms with Crippen LogP contribution in [0.4, 0.5) is 5.69 Å². The average molecular weight is 444 g/mol. The van der Waals surface area contributed by atoms with E-state index in [2.05, 4.69) is 10.3 Å². The molecule has 0 atom stereocenters. The number of hydrogen-bond acceptors (Lipinski definition) is 6. The monoisotopic (exact) mass is 443 g/mol. The van der Waals surface area contributed by atoms with Crippen LogP contribution in [0.2, 0.25) is 0 Å². The Morgan fingerprint density at radius 2 is 1.93 bits per heavy atom. The van der Waals surface area contributed by atoms with E-state index in [9.17, 15) is 9.59 Å². The first-order valence-electron chi connectivity index (χ1n) is 9.33. The predicted octanol–water partition coefficient (Wildman–Crippen LogP) is 4.93. The molecule has 3 heterocycles. The zero-order chi connectivity index (χ0) is 20.4. The highest BCUT2D eigenvalue weighted by Crippen LogP contribution is 2.31. The molecule has 1 fully saturated rings. The van der Waals surface area contributed by atoms with Crippen molar-refractivity contribution in [2.45, 2.75) is 13.8 Å². The van der Waals surface area contributed by atoms with Crippen LogP contribution < -0.4 is 5.32 Å². The number of anilines is 1. The van der Waals surface area contributed by atoms with Crippen molar-refractivity contribution in [3.63, 3.8) is 0 Å². The van der Waals surface area contributed by atoms with Gasteiger partial charge in [-0.1, -0.05) is 6.07 Å². The number of aromatic nitrogens is 1. The number of hydrogen-bond donors (Lipinski definition) is 1. The van der Waals surface area contributed by atoms with Crippen LogP contribution in [-0.4, -0.2) is 46.3 Å². The van der Waals surface area contributed by atoms with E-state index in [-0.39, 0.29) is 11.8 Å². The number of thioether (sulfide) groups is 1. The minimum Gasteiger partial charge on any atom is -0.337 e. The summed E-state index contributed by atoms with van der Waals surface area (Å²) in [6, 6.07) is 9.45. The molecular weight excluding hydrogens is 422 g/mol. The topological polar surface area (TPSA) is 62.3 Å². The minimum atomic E-state index is -0.168. The second-order valence-corrected chi connectivity index (χ2v) is 9.97. The van der Waals surface area contributed by atoms with Gasteiger partial charge in [-0.15, -0.1) is 22.7 Å². The Bertz CT molecular complexity index is 1040. The van der Waals surface area contributed by atoms with E-state index in [0.717, 1.165) is 45.7 Å². The van der Waals surface area contributed by atoms with Crippen molar-refractivity contribution < 1.29 is 9.59 Å². The molecule has 0 aliphatic carbocycles. The van der Waals surface area contributed by atoms with Crippen LogP contribution in [0.1, 0.15) is 31.3 Å². The van der Waals surface area contributed by atoms with E-state index in [0.29, 0.717) is 16.1 Å². The van der Waals surface area contributed by atoms with Gasteiger partial charge in [0.05, 0.1) is 10.6 Å². The molecule has 2 amide bonds. The van der Waals surface area contributed by atoms with Gasteiger partial charge in [-0.2, -0.15) is 11.8 Å². The third-order valence-corrected chi connectivity index (χ3v) is 7.89. The number of aryl methyl sites for hydroxylation is 2. The molecule has 0 radical (unpaired) electrons. The normalized spacial score (nSPS) is 14.1. The van der Waals surface area contributed by atoms with Crippen molar-refractivity contribution in [1.29, 1.82) is 0 Å². The fraction of sp³-hybridized carbons (Fsp3) is 0.286. The number of nitrogens with one attached hydrogen (secondary N) is 1. The fourth-order valence-corrected chi connectivity index (χ4v) is 5.84. The standard InChI is InChI=1S/C21H21N3O2S3/c1-13-12-15(21(26)24-7-10-27-11-8-24)5-6-16(13)23-19(25)18-14(2)22-20(29-18)17-4-3-9-28-17/h3-6,9,12H,7-8,10-11H2,1-2H3,(H,23,25). The molecule has 3 aromatic rings. The summed E-state index contributed by atoms with van der Waals surface area (Å²) in [6.45, 7) is 5.35. The van der Waals surface area contributed by atoms with E-state index < -0.39 is 0 Å². The van der Waals surface area contributed by atoms with Crippen molar-refractivity contribution in [3.05, 3.63) is 57.4 Å². The van der Waals surface area contributed by atoms with Crippen molar-refractivity contribution in [3.8, 4) is 9.88 Å². The first kappa shape index (κ1) is 20.1. The number of thiophene rings is 1. The molecule has 1 N–H and O–H groups in total. The maximum Gasteiger partial charge on any atom is 0.267 e. The summed E-state index contributed by atoms with van der Waals surface area (Å²) >= 11 is 4.89. The van der Waals surface area contributed by atoms with Crippen LogP contribution in [0.3, 0.4) is 0 Å². The first-order valence-corrected chi connectivity index (χ1v) is 12.2. The quantitative estimate of drug-likeness (QED) is 0.621. The lowest BCUT2D eigenvalue weighted by Crippen LogP contribution is -2.37. The van der Waals surface area contributed by atoms with Gasteiger partial charge in [-0.3, -0.25) is 9.59 Å². The van der Waals surface area contributed by atoms with Crippen LogP contribution in [0.5, 0.6) is 0 Å². The zero-order valence-electron chi connectivity index (χ0n) is 16.2. The molecule has 8 heteroatoms. The summed E-state index contributed by atoms with van der Waals surface area (Å²) in [6.07, 6.45) is 0. The number of thiazole rings is 1. The number of carbonyl (C=O) groups excluding carboxylic acids is 2. The average Bonchev–Trinajstić information content (AvgIpc) is 3.39. The summed E-state index contributed by atoms with van der Waals surface area (Å²) in [5.74, 6) is 1.87. The maximum absolute atomic E-state index is 12.8. The molecule has 4 rings (SSSR count). The first-order chi connectivity index (χ1) is 14.0. The lowest BCUT2D eigenvalue weighted by molar-refractivity contribution is 0.0772. The molecule has 150 valence electrons. The highest BCUT2D eigenvalue weighted by atomic mass is 32.2. The van der Waals surface area contributed by atoms with Gasteiger partial charge < -0.3 is 10.2 Å². The molecule has 1 aliphatic heterocycles. The highest BCUT2D eigenvalue weighted by molar-refractivity contribution is 7.99. The Labute approximate surface area is 182 Å². The van der Waals surface area contributed by atoms with E-state index in [1.54, 1.807) is 17.4 Å². The smallest absolute Gasteiger partial charge is 0.267 e. The number of benzene rings is 1. The van der Waals surface area contributed by atoms with Gasteiger partial charge >= 0.3 is 0 Å². The van der Waals surface area contributed by atoms with E-state index in [1.165, 1.54) is 11.3 Å². The van der Waals surface area contributed by atoms with Gasteiger partial charge in [0.15, 0.2) is 0 Å². The van der Waals surface area contributed by atoms with Gasteiger partial charge in [0, 0.05) is 35.8 Å². The number of carbonyl (C=O) groups is 2. The Morgan fingerprint density at radius 1 is 1.14 bits per heavy atom. The van der Waals surface area contributed by atoms with Gasteiger partial charge in [0.1, 0.15) is 9.88 Å². The zero-order valence-corrected chi connectivity index (χ0v) is 18.7. The van der Waals surface area contributed by atoms with E-state index in [4.69, 9.17) is 0 Å². The van der Waals surface area contributed by atoms with Crippen LogP contribution >= 0.6 is 34.4 Å². The number of amides is 2. The second-order valence-electron chi connectivity index (χ2n) is 6.80. The number of rotatable bonds is 4. The van der Waals surface area contributed by atoms with Crippen molar-refractivity contribution in [2.75, 3.05) is 29.9 Å². The molecule has 1 saturated heterocycles. The van der Waals surface area contributed by atoms with Crippen LogP contribution in [0.25, 0.3) is 9.88 Å². The van der Waals surface area contributed by atoms with Gasteiger partial charge in [0.2, 0.25) is 0 Å². The third-order valence-electron chi connectivity index (χ3n) is 4.75. The lowest BCUT2D eigenvalue weighted by atomic mass is 10.1. The Kier molecular flexibility index (Phi) is 6.03. The molecule has 0 unspecified atom stereocenters. The van der Waals surface area contributed by atoms with E-state index >= 15 is 0 Å². The van der Waals surface area contributed by atoms with Crippen LogP contribution in [0, 0.1) is 13.8 Å². The van der Waals surface area contributed by atoms with E-state index in [1.807, 2.05) is 60.2 Å². The summed E-state index contributed by atoms with van der Waals surface area (Å²) in [4.78, 5) is 33.6. The Balaban J connectivity index is 1.49. The summed E-state index contributed by atoms with van der Waals surface area (Å²) in [5.41, 5.74) is 2.98. The van der Waals surface area contributed by atoms with Gasteiger partial charge in [-0.25, -0.2) is 4.98 Å². The van der Waals surface area contributed by atoms with Crippen molar-refractivity contribution in [1.82, 2.24) is 9.88 Å². The molecule has 29 heavy (non-hydrogen) atoms. The maximum atomic E-state index is 12.8. The van der Waals surface area contributed by atoms with Gasteiger partial charge in [-0.05, 0) is 49.1 Å². The highest BCUT2D eigenvalue weighted by Gasteiger charge is 2.20. The van der Waals surface area contributed by atoms with Crippen molar-refractivity contribution >= 4 is 51.9 Å². The summed E-state index contributed by atoms with van der Waals surface area (Å²) in [5, 5.41) is 5.84. The molecule has 0 saturated carbocycles. The Hall–Kier alpha value is -2.16. The molecule has 2 aromatic heterocycles. The third kappa shape index (κ3) is 4.39. The summed E-state index contributed by atoms with van der Waals surface area (Å²) in [7, 11) is 0. The Morgan fingerprint density at radius 3 is 2.62 bits per heavy atom. The largest absolute Gasteiger partial charge is 0.337 e. The lowest BCUT2D eigenvalue weighted by Gasteiger charge is -2.26. The molecular formula is C21H21N3O2S3. The minimum absolute atomic E-state index is 0.0603. The number of nitrogens with zero attached hydrogens (tertiary/aromatic N) is 2. The summed E-state index contributed by atoms with van der Waals surface area (Å²) < 4.78 is 0. The fourth-order valence-electron chi connectivity index (χ4n) is 3.18.